The third-order valence-corrected chi connectivity index (χ3v) is 14.1. The Labute approximate surface area is 383 Å². The molecule has 0 spiro atoms. The van der Waals surface area contributed by atoms with E-state index in [1.54, 1.807) is 11.3 Å². The van der Waals surface area contributed by atoms with Gasteiger partial charge in [-0.15, -0.1) is 22.3 Å². The van der Waals surface area contributed by atoms with Crippen LogP contribution >= 0.6 is 11.3 Å². The molecule has 12 aromatic rings. The third kappa shape index (κ3) is 5.61. The summed E-state index contributed by atoms with van der Waals surface area (Å²) in [5.41, 5.74) is 12.7. The summed E-state index contributed by atoms with van der Waals surface area (Å²) in [5.74, 6) is 0. The molecule has 14 radical (unpaired) electrons. The Bertz CT molecular complexity index is 3910. The third-order valence-electron chi connectivity index (χ3n) is 12.9. The molecule has 3 aromatic heterocycles. The standard InChI is InChI=1S/C54H27B7N2S/c55-46-42(47(56)51(60)53-44(46)45-48(57)49(58)50(59)52(61)54(45)63(53)32-21-18-29(19-22-32)28-10-3-1-4-11-28)31-20-25-38-37(26-31)43-34(30-12-5-2-6-13-30)15-9-16-39(43)62(38)33-23-24-36-35-14-7-8-17-40(35)64-41(36)27-33/h1-27H. The van der Waals surface area contributed by atoms with E-state index in [4.69, 9.17) is 54.9 Å². The maximum atomic E-state index is 7.42. The number of thiophene rings is 1. The molecule has 64 heavy (non-hydrogen) atoms. The van der Waals surface area contributed by atoms with Gasteiger partial charge in [-0.05, 0) is 87.3 Å². The molecule has 0 saturated heterocycles. The second-order valence-electron chi connectivity index (χ2n) is 16.4. The minimum absolute atomic E-state index is 0.177. The average molecular weight is 812 g/mol. The summed E-state index contributed by atoms with van der Waals surface area (Å²) in [6.45, 7) is 0. The Balaban J connectivity index is 1.13. The lowest BCUT2D eigenvalue weighted by Gasteiger charge is -2.19. The van der Waals surface area contributed by atoms with Gasteiger partial charge < -0.3 is 9.13 Å². The number of hydrogen-bond acceptors (Lipinski definition) is 1. The fourth-order valence-electron chi connectivity index (χ4n) is 9.91. The molecule has 0 unspecified atom stereocenters. The highest BCUT2D eigenvalue weighted by Crippen LogP contribution is 2.42. The van der Waals surface area contributed by atoms with E-state index in [-0.39, 0.29) is 21.9 Å². The van der Waals surface area contributed by atoms with E-state index in [2.05, 4.69) is 132 Å². The number of fused-ring (bicyclic) bond motifs is 9. The average Bonchev–Trinajstić information content (AvgIpc) is 4.01. The van der Waals surface area contributed by atoms with E-state index in [1.165, 1.54) is 20.2 Å². The van der Waals surface area contributed by atoms with Gasteiger partial charge in [-0.25, -0.2) is 0 Å². The molecule has 0 amide bonds. The van der Waals surface area contributed by atoms with E-state index in [0.717, 1.165) is 61.0 Å². The summed E-state index contributed by atoms with van der Waals surface area (Å²) in [6, 6.07) is 57.0. The molecule has 0 saturated carbocycles. The molecule has 12 rings (SSSR count). The summed E-state index contributed by atoms with van der Waals surface area (Å²) in [6.07, 6.45) is 0. The zero-order valence-corrected chi connectivity index (χ0v) is 35.2. The fourth-order valence-corrected chi connectivity index (χ4v) is 11.0. The second kappa shape index (κ2) is 14.7. The number of aromatic nitrogens is 2. The highest BCUT2D eigenvalue weighted by molar-refractivity contribution is 7.25. The van der Waals surface area contributed by atoms with E-state index >= 15 is 0 Å². The molecular weight excluding hydrogens is 784 g/mol. The van der Waals surface area contributed by atoms with Crippen LogP contribution < -0.4 is 38.2 Å². The van der Waals surface area contributed by atoms with Crippen molar-refractivity contribution in [1.29, 1.82) is 0 Å². The van der Waals surface area contributed by atoms with E-state index in [9.17, 15) is 0 Å². The highest BCUT2D eigenvalue weighted by Gasteiger charge is 2.25. The van der Waals surface area contributed by atoms with Crippen LogP contribution in [0, 0.1) is 0 Å². The molecule has 3 heterocycles. The van der Waals surface area contributed by atoms with Gasteiger partial charge in [0.05, 0.1) is 11.0 Å². The van der Waals surface area contributed by atoms with Crippen molar-refractivity contribution >= 4 is 168 Å². The first kappa shape index (κ1) is 38.9. The fraction of sp³-hybridized carbons (Fsp3) is 0. The van der Waals surface area contributed by atoms with Crippen molar-refractivity contribution in [3.05, 3.63) is 164 Å². The van der Waals surface area contributed by atoms with Crippen LogP contribution in [-0.2, 0) is 0 Å². The maximum absolute atomic E-state index is 7.42. The number of benzene rings is 9. The molecule has 0 aliphatic heterocycles. The van der Waals surface area contributed by atoms with Crippen molar-refractivity contribution in [2.24, 2.45) is 0 Å². The van der Waals surface area contributed by atoms with Gasteiger partial charge in [-0.1, -0.05) is 143 Å². The molecule has 280 valence electrons. The van der Waals surface area contributed by atoms with Crippen molar-refractivity contribution in [1.82, 2.24) is 9.13 Å². The molecular formula is C54H27B7N2S. The van der Waals surface area contributed by atoms with Crippen LogP contribution in [0.15, 0.2) is 164 Å². The van der Waals surface area contributed by atoms with Crippen molar-refractivity contribution in [3.63, 3.8) is 0 Å². The van der Waals surface area contributed by atoms with Crippen LogP contribution in [0.25, 0.3) is 109 Å². The van der Waals surface area contributed by atoms with Crippen molar-refractivity contribution in [3.8, 4) is 44.8 Å². The molecule has 0 atom stereocenters. The Kier molecular flexibility index (Phi) is 8.91. The van der Waals surface area contributed by atoms with Crippen LogP contribution in [0.2, 0.25) is 0 Å². The monoisotopic (exact) mass is 812 g/mol. The normalized spacial score (nSPS) is 11.9. The zero-order chi connectivity index (χ0) is 43.5. The minimum atomic E-state index is 0.177. The van der Waals surface area contributed by atoms with Gasteiger partial charge in [0, 0.05) is 58.7 Å². The van der Waals surface area contributed by atoms with Crippen molar-refractivity contribution < 1.29 is 0 Å². The summed E-state index contributed by atoms with van der Waals surface area (Å²) < 4.78 is 6.78. The predicted molar refractivity (Wildman–Crippen MR) is 282 cm³/mol. The summed E-state index contributed by atoms with van der Waals surface area (Å²) in [7, 11) is 48.8. The molecule has 9 aromatic carbocycles. The smallest absolute Gasteiger partial charge is 0.115 e. The molecule has 10 heteroatoms. The van der Waals surface area contributed by atoms with Gasteiger partial charge in [0.2, 0.25) is 0 Å². The summed E-state index contributed by atoms with van der Waals surface area (Å²) in [4.78, 5) is 0. The van der Waals surface area contributed by atoms with E-state index in [0.29, 0.717) is 43.8 Å². The summed E-state index contributed by atoms with van der Waals surface area (Å²) in [5, 5.41) is 5.78. The Morgan fingerprint density at radius 3 is 1.67 bits per heavy atom. The molecule has 2 nitrogen and oxygen atoms in total. The quantitative estimate of drug-likeness (QED) is 0.169. The SMILES string of the molecule is [B]c1c([B])c([B])c2c(c1[B])c1c([B])c(-c3ccc4c(c3)c3c(-c5ccccc5)cccc3n4-c3ccc4c(c3)sc3ccccc34)c([B])c([B])c1n2-c1ccc(-c2ccccc2)cc1. The Morgan fingerprint density at radius 2 is 0.922 bits per heavy atom. The first-order valence-electron chi connectivity index (χ1n) is 21.0. The lowest BCUT2D eigenvalue weighted by molar-refractivity contribution is 1.19. The van der Waals surface area contributed by atoms with E-state index < -0.39 is 0 Å². The Hall–Kier alpha value is -6.75. The van der Waals surface area contributed by atoms with Gasteiger partial charge in [-0.3, -0.25) is 0 Å². The van der Waals surface area contributed by atoms with Crippen molar-refractivity contribution in [2.75, 3.05) is 0 Å². The maximum Gasteiger partial charge on any atom is 0.115 e. The lowest BCUT2D eigenvalue weighted by atomic mass is 9.64. The first-order valence-corrected chi connectivity index (χ1v) is 21.8. The van der Waals surface area contributed by atoms with E-state index in [1.807, 2.05) is 41.0 Å². The number of rotatable bonds is 5. The number of hydrogen-bond donors (Lipinski definition) is 0. The van der Waals surface area contributed by atoms with Crippen molar-refractivity contribution in [2.45, 2.75) is 0 Å². The first-order chi connectivity index (χ1) is 31.2. The molecule has 0 fully saturated rings. The molecule has 0 bridgehead atoms. The van der Waals surface area contributed by atoms with Gasteiger partial charge in [0.1, 0.15) is 54.9 Å². The van der Waals surface area contributed by atoms with Crippen LogP contribution in [0.5, 0.6) is 0 Å². The highest BCUT2D eigenvalue weighted by atomic mass is 32.1. The zero-order valence-electron chi connectivity index (χ0n) is 34.4. The van der Waals surface area contributed by atoms with Crippen LogP contribution in [0.3, 0.4) is 0 Å². The van der Waals surface area contributed by atoms with Crippen LogP contribution in [0.1, 0.15) is 0 Å². The Morgan fingerprint density at radius 1 is 0.328 bits per heavy atom. The topological polar surface area (TPSA) is 9.86 Å². The predicted octanol–water partition coefficient (Wildman–Crippen LogP) is 6.81. The largest absolute Gasteiger partial charge is 0.311 e. The number of nitrogens with zero attached hydrogens (tertiary/aromatic N) is 2. The van der Waals surface area contributed by atoms with Gasteiger partial charge in [0.25, 0.3) is 0 Å². The molecule has 0 aliphatic rings. The second-order valence-corrected chi connectivity index (χ2v) is 17.5. The van der Waals surface area contributed by atoms with Gasteiger partial charge in [-0.2, -0.15) is 0 Å². The minimum Gasteiger partial charge on any atom is -0.311 e. The van der Waals surface area contributed by atoms with Crippen LogP contribution in [0.4, 0.5) is 0 Å². The summed E-state index contributed by atoms with van der Waals surface area (Å²) >= 11 is 1.81. The lowest BCUT2D eigenvalue weighted by Crippen LogP contribution is -2.48. The van der Waals surface area contributed by atoms with Crippen LogP contribution in [-0.4, -0.2) is 64.1 Å². The molecule has 0 N–H and O–H groups in total. The van der Waals surface area contributed by atoms with Gasteiger partial charge in [0.15, 0.2) is 0 Å². The molecule has 0 aliphatic carbocycles. The van der Waals surface area contributed by atoms with Gasteiger partial charge >= 0.3 is 0 Å².